The van der Waals surface area contributed by atoms with Gasteiger partial charge >= 0.3 is 0 Å². The number of ketones is 2. The molecule has 0 bridgehead atoms. The Hall–Kier alpha value is -4.18. The van der Waals surface area contributed by atoms with Crippen LogP contribution in [0.2, 0.25) is 0 Å². The summed E-state index contributed by atoms with van der Waals surface area (Å²) in [6.07, 6.45) is 44.3. The fraction of sp³-hybridized carbons (Fsp3) is 0.559. The molecule has 0 radical (unpaired) electrons. The topological polar surface area (TPSA) is 52.6 Å². The third-order valence-electron chi connectivity index (χ3n) is 12.1. The summed E-state index contributed by atoms with van der Waals surface area (Å²) in [6, 6.07) is 0. The van der Waals surface area contributed by atoms with Gasteiger partial charge in [-0.2, -0.15) is 0 Å². The second-order valence-corrected chi connectivity index (χ2v) is 18.6. The molecule has 0 aromatic heterocycles. The maximum atomic E-state index is 12.9. The summed E-state index contributed by atoms with van der Waals surface area (Å²) in [6.45, 7) is 26.3. The Bertz CT molecular complexity index is 1840. The van der Waals surface area contributed by atoms with E-state index in [0.29, 0.717) is 17.6 Å². The zero-order valence-electron chi connectivity index (χ0n) is 42.8. The Balaban J connectivity index is 2.31. The van der Waals surface area contributed by atoms with Crippen molar-refractivity contribution in [2.45, 2.75) is 205 Å². The van der Waals surface area contributed by atoms with Crippen LogP contribution in [0.1, 0.15) is 205 Å². The molecule has 0 amide bonds. The molecule has 4 heteroatoms. The third-order valence-corrected chi connectivity index (χ3v) is 12.1. The van der Waals surface area contributed by atoms with Gasteiger partial charge in [-0.15, -0.1) is 0 Å². The third kappa shape index (κ3) is 26.3. The molecular weight excluding hydrogens is 773 g/mol. The fourth-order valence-electron chi connectivity index (χ4n) is 7.59. The predicted octanol–water partition coefficient (Wildman–Crippen LogP) is 17.9. The largest absolute Gasteiger partial charge is 0.489 e. The number of hydrogen-bond acceptors (Lipinski definition) is 4. The normalized spacial score (nSPS) is 15.9. The summed E-state index contributed by atoms with van der Waals surface area (Å²) >= 11 is 0. The van der Waals surface area contributed by atoms with Crippen LogP contribution in [-0.2, 0) is 19.1 Å². The van der Waals surface area contributed by atoms with Crippen LogP contribution in [0.4, 0.5) is 0 Å². The molecule has 63 heavy (non-hydrogen) atoms. The van der Waals surface area contributed by atoms with E-state index in [2.05, 4.69) is 137 Å². The van der Waals surface area contributed by atoms with Crippen molar-refractivity contribution < 1.29 is 19.1 Å². The van der Waals surface area contributed by atoms with E-state index in [1.54, 1.807) is 6.92 Å². The van der Waals surface area contributed by atoms with Gasteiger partial charge in [0.05, 0.1) is 14.2 Å². The Morgan fingerprint density at radius 3 is 0.810 bits per heavy atom. The molecule has 0 unspecified atom stereocenters. The number of rotatable bonds is 31. The molecule has 350 valence electrons. The number of carbonyl (C=O) groups is 2. The number of allylic oxidation sites excluding steroid dienone is 22. The first-order valence-corrected chi connectivity index (χ1v) is 24.1. The fourth-order valence-corrected chi connectivity index (χ4v) is 7.59. The van der Waals surface area contributed by atoms with Crippen molar-refractivity contribution in [3.8, 4) is 0 Å². The highest BCUT2D eigenvalue weighted by Crippen LogP contribution is 2.28. The van der Waals surface area contributed by atoms with Crippen molar-refractivity contribution in [3.05, 3.63) is 139 Å². The Labute approximate surface area is 387 Å². The van der Waals surface area contributed by atoms with E-state index >= 15 is 0 Å². The number of carbonyl (C=O) groups excluding carboxylic acids is 2. The van der Waals surface area contributed by atoms with Crippen LogP contribution in [0.15, 0.2) is 139 Å². The molecule has 0 saturated carbocycles. The van der Waals surface area contributed by atoms with Gasteiger partial charge in [0, 0.05) is 11.1 Å². The quantitative estimate of drug-likeness (QED) is 0.0515. The highest BCUT2D eigenvalue weighted by atomic mass is 16.5. The molecule has 1 aliphatic rings. The van der Waals surface area contributed by atoms with Gasteiger partial charge in [-0.1, -0.05) is 116 Å². The molecule has 0 atom stereocenters. The zero-order valence-corrected chi connectivity index (χ0v) is 42.8. The predicted molar refractivity (Wildman–Crippen MR) is 275 cm³/mol. The SMILES string of the molecule is COC1=C(OC)C(=O)C(C/C=C(\C)CC/C=C(\C)CC/C=C(\C)CC/C=C(/C)CC/C=C(\C)CC/C=C(\C)CC/C=C(\C)CC/C=C(/C)CC/C=C(\C)CCC=C(C)C)=C(C)C1=O. The smallest absolute Gasteiger partial charge is 0.228 e. The second-order valence-electron chi connectivity index (χ2n) is 18.6. The van der Waals surface area contributed by atoms with Crippen LogP contribution in [0.25, 0.3) is 0 Å². The molecule has 0 N–H and O–H groups in total. The number of methoxy groups -OCH3 is 2. The van der Waals surface area contributed by atoms with Crippen molar-refractivity contribution in [1.82, 2.24) is 0 Å². The molecule has 0 spiro atoms. The molecule has 0 aromatic rings. The van der Waals surface area contributed by atoms with Crippen molar-refractivity contribution in [3.63, 3.8) is 0 Å². The van der Waals surface area contributed by atoms with E-state index in [-0.39, 0.29) is 23.1 Å². The van der Waals surface area contributed by atoms with Crippen LogP contribution in [-0.4, -0.2) is 25.8 Å². The lowest BCUT2D eigenvalue weighted by molar-refractivity contribution is -0.121. The first kappa shape index (κ1) is 56.8. The van der Waals surface area contributed by atoms with Gasteiger partial charge in [-0.25, -0.2) is 0 Å². The van der Waals surface area contributed by atoms with E-state index in [1.165, 1.54) is 89.2 Å². The van der Waals surface area contributed by atoms with E-state index < -0.39 is 0 Å². The summed E-state index contributed by atoms with van der Waals surface area (Å²) < 4.78 is 10.3. The first-order valence-electron chi connectivity index (χ1n) is 24.1. The van der Waals surface area contributed by atoms with Crippen LogP contribution in [0.5, 0.6) is 0 Å². The van der Waals surface area contributed by atoms with Crippen LogP contribution >= 0.6 is 0 Å². The van der Waals surface area contributed by atoms with Gasteiger partial charge in [0.2, 0.25) is 23.1 Å². The van der Waals surface area contributed by atoms with Crippen LogP contribution in [0.3, 0.4) is 0 Å². The monoisotopic (exact) mass is 863 g/mol. The van der Waals surface area contributed by atoms with Crippen molar-refractivity contribution in [1.29, 1.82) is 0 Å². The average molecular weight is 863 g/mol. The molecule has 1 rings (SSSR count). The standard InChI is InChI=1S/C59H90O4/c1-44(2)24-15-25-45(3)26-16-27-46(4)28-17-29-47(5)30-18-31-48(6)32-19-33-49(7)34-20-35-50(8)36-21-37-51(9)38-22-39-52(10)40-23-41-53(11)42-43-55-54(12)56(60)58(62-13)59(63-14)57(55)61/h24,26,28,30,32,34,36,38,40,42H,15-23,25,27,29,31,33,35,37,39,41,43H2,1-14H3/b45-26+,46-28-,47-30+,48-32+,49-34+,50-36-,51-38+,52-40+,53-42+. The Kier molecular flexibility index (Phi) is 30.1. The first-order chi connectivity index (χ1) is 30.0. The van der Waals surface area contributed by atoms with Gasteiger partial charge in [-0.05, 0) is 205 Å². The van der Waals surface area contributed by atoms with Crippen molar-refractivity contribution in [2.24, 2.45) is 0 Å². The van der Waals surface area contributed by atoms with Crippen LogP contribution in [0, 0.1) is 0 Å². The molecule has 0 heterocycles. The van der Waals surface area contributed by atoms with Crippen molar-refractivity contribution in [2.75, 3.05) is 14.2 Å². The Morgan fingerprint density at radius 1 is 0.349 bits per heavy atom. The molecular formula is C59H90O4. The molecule has 0 fully saturated rings. The van der Waals surface area contributed by atoms with Gasteiger partial charge in [0.1, 0.15) is 0 Å². The van der Waals surface area contributed by atoms with Crippen LogP contribution < -0.4 is 0 Å². The molecule has 0 aromatic carbocycles. The summed E-state index contributed by atoms with van der Waals surface area (Å²) in [5.41, 5.74) is 15.5. The van der Waals surface area contributed by atoms with E-state index in [9.17, 15) is 9.59 Å². The lowest BCUT2D eigenvalue weighted by Crippen LogP contribution is -2.24. The molecule has 0 aliphatic heterocycles. The number of ether oxygens (including phenoxy) is 2. The number of Topliss-reactive ketones (excluding diaryl/α,β-unsaturated/α-hetero) is 2. The Morgan fingerprint density at radius 2 is 0.571 bits per heavy atom. The maximum absolute atomic E-state index is 12.9. The summed E-state index contributed by atoms with van der Waals surface area (Å²) in [5.74, 6) is -0.572. The minimum absolute atomic E-state index is 0.00667. The van der Waals surface area contributed by atoms with Gasteiger partial charge < -0.3 is 9.47 Å². The molecule has 1 aliphatic carbocycles. The molecule has 0 saturated heterocycles. The number of hydrogen-bond donors (Lipinski definition) is 0. The summed E-state index contributed by atoms with van der Waals surface area (Å²) in [7, 11) is 2.78. The maximum Gasteiger partial charge on any atom is 0.228 e. The lowest BCUT2D eigenvalue weighted by Gasteiger charge is -2.19. The zero-order chi connectivity index (χ0) is 47.2. The van der Waals surface area contributed by atoms with Crippen molar-refractivity contribution >= 4 is 11.6 Å². The van der Waals surface area contributed by atoms with Gasteiger partial charge in [0.15, 0.2) is 0 Å². The van der Waals surface area contributed by atoms with Gasteiger partial charge in [-0.3, -0.25) is 9.59 Å². The minimum Gasteiger partial charge on any atom is -0.489 e. The summed E-state index contributed by atoms with van der Waals surface area (Å²) in [4.78, 5) is 25.5. The van der Waals surface area contributed by atoms with Gasteiger partial charge in [0.25, 0.3) is 0 Å². The van der Waals surface area contributed by atoms with E-state index in [1.807, 2.05) is 0 Å². The van der Waals surface area contributed by atoms with E-state index in [4.69, 9.17) is 9.47 Å². The average Bonchev–Trinajstić information content (AvgIpc) is 3.21. The summed E-state index contributed by atoms with van der Waals surface area (Å²) in [5, 5.41) is 0. The second kappa shape index (κ2) is 33.3. The minimum atomic E-state index is -0.284. The lowest BCUT2D eigenvalue weighted by atomic mass is 9.90. The molecule has 4 nitrogen and oxygen atoms in total. The highest BCUT2D eigenvalue weighted by molar-refractivity contribution is 6.23. The highest BCUT2D eigenvalue weighted by Gasteiger charge is 2.34. The van der Waals surface area contributed by atoms with E-state index in [0.717, 1.165) is 96.3 Å².